The van der Waals surface area contributed by atoms with E-state index in [2.05, 4.69) is 12.2 Å². The molecule has 2 heteroatoms. The largest absolute Gasteiger partial charge is 0.323 e. The van der Waals surface area contributed by atoms with E-state index in [1.54, 1.807) is 12.2 Å². The molecule has 0 spiro atoms. The van der Waals surface area contributed by atoms with E-state index in [9.17, 15) is 4.79 Å². The van der Waals surface area contributed by atoms with E-state index in [1.807, 2.05) is 43.3 Å². The van der Waals surface area contributed by atoms with Gasteiger partial charge >= 0.3 is 0 Å². The number of hydrogen-bond acceptors (Lipinski definition) is 1. The van der Waals surface area contributed by atoms with Gasteiger partial charge in [0.1, 0.15) is 0 Å². The third-order valence-electron chi connectivity index (χ3n) is 1.97. The molecule has 83 valence electrons. The highest BCUT2D eigenvalue weighted by Gasteiger charge is 1.97. The van der Waals surface area contributed by atoms with Crippen LogP contribution < -0.4 is 5.32 Å². The zero-order valence-corrected chi connectivity index (χ0v) is 9.44. The monoisotopic (exact) mass is 214 g/mol. The van der Waals surface area contributed by atoms with Gasteiger partial charge in [-0.3, -0.25) is 4.79 Å². The van der Waals surface area contributed by atoms with Crippen LogP contribution in [0.3, 0.4) is 0 Å². The Balaban J connectivity index is 2.70. The van der Waals surface area contributed by atoms with Crippen LogP contribution in [0, 0.1) is 6.92 Å². The molecule has 0 bridgehead atoms. The summed E-state index contributed by atoms with van der Waals surface area (Å²) in [5, 5.41) is 2.80. The van der Waals surface area contributed by atoms with Crippen LogP contribution in [-0.2, 0) is 4.79 Å². The Morgan fingerprint density at radius 3 is 3.00 bits per heavy atom. The Hall–Kier alpha value is -1.83. The SMILES string of the molecule is [CH2]/C=C/c1cccc(NC(=O)/C=C/CC)c1. The minimum absolute atomic E-state index is 0.0994. The van der Waals surface area contributed by atoms with E-state index in [1.165, 1.54) is 0 Å². The zero-order chi connectivity index (χ0) is 11.8. The number of carbonyl (C=O) groups is 1. The van der Waals surface area contributed by atoms with Crippen LogP contribution >= 0.6 is 0 Å². The molecule has 1 amide bonds. The lowest BCUT2D eigenvalue weighted by Gasteiger charge is -2.02. The lowest BCUT2D eigenvalue weighted by molar-refractivity contribution is -0.111. The fraction of sp³-hybridized carbons (Fsp3) is 0.143. The van der Waals surface area contributed by atoms with E-state index in [4.69, 9.17) is 0 Å². The van der Waals surface area contributed by atoms with Gasteiger partial charge in [-0.2, -0.15) is 0 Å². The van der Waals surface area contributed by atoms with E-state index in [0.717, 1.165) is 17.7 Å². The zero-order valence-electron chi connectivity index (χ0n) is 9.44. The molecule has 0 saturated heterocycles. The maximum absolute atomic E-state index is 11.4. The average Bonchev–Trinajstić information content (AvgIpc) is 2.27. The molecule has 0 aliphatic carbocycles. The van der Waals surface area contributed by atoms with Crippen molar-refractivity contribution < 1.29 is 4.79 Å². The lowest BCUT2D eigenvalue weighted by atomic mass is 10.2. The molecule has 2 nitrogen and oxygen atoms in total. The molecule has 1 aromatic carbocycles. The summed E-state index contributed by atoms with van der Waals surface area (Å²) in [6, 6.07) is 7.62. The summed E-state index contributed by atoms with van der Waals surface area (Å²) in [5.74, 6) is -0.0994. The summed E-state index contributed by atoms with van der Waals surface area (Å²) in [6.07, 6.45) is 7.84. The first-order valence-corrected chi connectivity index (χ1v) is 5.29. The van der Waals surface area contributed by atoms with Crippen LogP contribution in [0.25, 0.3) is 6.08 Å². The number of anilines is 1. The quantitative estimate of drug-likeness (QED) is 0.764. The summed E-state index contributed by atoms with van der Waals surface area (Å²) >= 11 is 0. The topological polar surface area (TPSA) is 29.1 Å². The second kappa shape index (κ2) is 6.62. The van der Waals surface area contributed by atoms with Gasteiger partial charge in [0.2, 0.25) is 5.91 Å². The molecule has 1 rings (SSSR count). The number of amides is 1. The number of hydrogen-bond donors (Lipinski definition) is 1. The minimum Gasteiger partial charge on any atom is -0.323 e. The molecule has 1 radical (unpaired) electrons. The van der Waals surface area contributed by atoms with Crippen molar-refractivity contribution in [1.82, 2.24) is 0 Å². The summed E-state index contributed by atoms with van der Waals surface area (Å²) in [6.45, 7) is 5.62. The molecule has 0 fully saturated rings. The Bertz CT molecular complexity index is 405. The van der Waals surface area contributed by atoms with Crippen molar-refractivity contribution in [3.63, 3.8) is 0 Å². The van der Waals surface area contributed by atoms with Crippen LogP contribution in [0.15, 0.2) is 42.5 Å². The summed E-state index contributed by atoms with van der Waals surface area (Å²) in [5.41, 5.74) is 1.81. The van der Waals surface area contributed by atoms with E-state index < -0.39 is 0 Å². The van der Waals surface area contributed by atoms with Crippen LogP contribution in [0.1, 0.15) is 18.9 Å². The predicted molar refractivity (Wildman–Crippen MR) is 68.9 cm³/mol. The Labute approximate surface area is 96.7 Å². The van der Waals surface area contributed by atoms with E-state index in [0.29, 0.717) is 0 Å². The average molecular weight is 214 g/mol. The molecule has 1 aromatic rings. The van der Waals surface area contributed by atoms with Crippen LogP contribution in [0.5, 0.6) is 0 Å². The number of carbonyl (C=O) groups excluding carboxylic acids is 1. The smallest absolute Gasteiger partial charge is 0.248 e. The Kier molecular flexibility index (Phi) is 5.06. The molecule has 0 aliphatic rings. The second-order valence-corrected chi connectivity index (χ2v) is 3.33. The van der Waals surface area contributed by atoms with E-state index in [-0.39, 0.29) is 5.91 Å². The van der Waals surface area contributed by atoms with Gasteiger partial charge in [-0.15, -0.1) is 0 Å². The van der Waals surface area contributed by atoms with Gasteiger partial charge in [0.15, 0.2) is 0 Å². The highest BCUT2D eigenvalue weighted by Crippen LogP contribution is 2.11. The third-order valence-corrected chi connectivity index (χ3v) is 1.97. The van der Waals surface area contributed by atoms with Crippen molar-refractivity contribution in [1.29, 1.82) is 0 Å². The van der Waals surface area contributed by atoms with E-state index >= 15 is 0 Å². The fourth-order valence-electron chi connectivity index (χ4n) is 1.26. The van der Waals surface area contributed by atoms with Gasteiger partial charge in [0, 0.05) is 5.69 Å². The van der Waals surface area contributed by atoms with Gasteiger partial charge in [0.25, 0.3) is 0 Å². The summed E-state index contributed by atoms with van der Waals surface area (Å²) in [7, 11) is 0. The molecule has 16 heavy (non-hydrogen) atoms. The molecule has 0 aromatic heterocycles. The van der Waals surface area contributed by atoms with Gasteiger partial charge in [-0.05, 0) is 37.1 Å². The standard InChI is InChI=1S/C14H16NO/c1-3-5-10-14(16)15-13-9-6-8-12(11-13)7-4-2/h4-11H,2-3H2,1H3,(H,15,16)/b7-4+,10-5+. The highest BCUT2D eigenvalue weighted by atomic mass is 16.1. The van der Waals surface area contributed by atoms with Crippen molar-refractivity contribution >= 4 is 17.7 Å². The Morgan fingerprint density at radius 2 is 2.31 bits per heavy atom. The molecule has 0 aliphatic heterocycles. The molecular formula is C14H16NO. The highest BCUT2D eigenvalue weighted by molar-refractivity contribution is 5.99. The number of benzene rings is 1. The number of nitrogens with one attached hydrogen (secondary N) is 1. The number of rotatable bonds is 4. The first-order valence-electron chi connectivity index (χ1n) is 5.29. The van der Waals surface area contributed by atoms with Crippen LogP contribution in [-0.4, -0.2) is 5.91 Å². The summed E-state index contributed by atoms with van der Waals surface area (Å²) < 4.78 is 0. The first-order chi connectivity index (χ1) is 7.76. The fourth-order valence-corrected chi connectivity index (χ4v) is 1.26. The maximum atomic E-state index is 11.4. The van der Waals surface area contributed by atoms with Crippen molar-refractivity contribution in [2.24, 2.45) is 0 Å². The molecule has 0 atom stereocenters. The van der Waals surface area contributed by atoms with Crippen molar-refractivity contribution in [2.45, 2.75) is 13.3 Å². The molecule has 1 N–H and O–H groups in total. The maximum Gasteiger partial charge on any atom is 0.248 e. The summed E-state index contributed by atoms with van der Waals surface area (Å²) in [4.78, 5) is 11.4. The Morgan fingerprint density at radius 1 is 1.50 bits per heavy atom. The third kappa shape index (κ3) is 4.13. The molecule has 0 unspecified atom stereocenters. The predicted octanol–water partition coefficient (Wildman–Crippen LogP) is 3.44. The van der Waals surface area contributed by atoms with Crippen LogP contribution in [0.2, 0.25) is 0 Å². The van der Waals surface area contributed by atoms with Gasteiger partial charge < -0.3 is 5.32 Å². The van der Waals surface area contributed by atoms with Gasteiger partial charge in [-0.1, -0.05) is 37.3 Å². The molecular weight excluding hydrogens is 198 g/mol. The van der Waals surface area contributed by atoms with Crippen molar-refractivity contribution in [3.05, 3.63) is 55.0 Å². The number of allylic oxidation sites excluding steroid dienone is 2. The van der Waals surface area contributed by atoms with Gasteiger partial charge in [0.05, 0.1) is 0 Å². The van der Waals surface area contributed by atoms with Gasteiger partial charge in [-0.25, -0.2) is 0 Å². The lowest BCUT2D eigenvalue weighted by Crippen LogP contribution is -2.07. The van der Waals surface area contributed by atoms with Crippen LogP contribution in [0.4, 0.5) is 5.69 Å². The molecule has 0 heterocycles. The minimum atomic E-state index is -0.0994. The first kappa shape index (κ1) is 12.2. The molecule has 0 saturated carbocycles. The second-order valence-electron chi connectivity index (χ2n) is 3.33. The van der Waals surface area contributed by atoms with Crippen molar-refractivity contribution in [2.75, 3.05) is 5.32 Å². The normalized spacial score (nSPS) is 11.1. The van der Waals surface area contributed by atoms with Crippen molar-refractivity contribution in [3.8, 4) is 0 Å².